The van der Waals surface area contributed by atoms with Crippen LogP contribution in [0.4, 0.5) is 4.39 Å². The van der Waals surface area contributed by atoms with Gasteiger partial charge in [-0.05, 0) is 54.7 Å². The fraction of sp³-hybridized carbons (Fsp3) is 0.543. The molecule has 0 saturated heterocycles. The van der Waals surface area contributed by atoms with Crippen molar-refractivity contribution in [3.05, 3.63) is 66.5 Å². The van der Waals surface area contributed by atoms with Gasteiger partial charge < -0.3 is 4.74 Å². The van der Waals surface area contributed by atoms with Crippen LogP contribution in [-0.2, 0) is 6.42 Å². The summed E-state index contributed by atoms with van der Waals surface area (Å²) in [4.78, 5) is 9.18. The highest BCUT2D eigenvalue weighted by Gasteiger charge is 2.09. The van der Waals surface area contributed by atoms with E-state index in [9.17, 15) is 4.39 Å². The van der Waals surface area contributed by atoms with Gasteiger partial charge in [-0.3, -0.25) is 0 Å². The molecule has 0 saturated carbocycles. The molecule has 0 fully saturated rings. The summed E-state index contributed by atoms with van der Waals surface area (Å²) in [6.45, 7) is 4.58. The van der Waals surface area contributed by atoms with E-state index in [1.165, 1.54) is 76.2 Å². The average Bonchev–Trinajstić information content (AvgIpc) is 2.98. The lowest BCUT2D eigenvalue weighted by atomic mass is 10.0. The van der Waals surface area contributed by atoms with E-state index in [1.807, 2.05) is 36.7 Å². The number of aryl methyl sites for hydroxylation is 1. The number of nitrogens with zero attached hydrogens (tertiary/aromatic N) is 2. The molecular weight excluding hydrogens is 483 g/mol. The Balaban J connectivity index is 1.40. The fourth-order valence-electron chi connectivity index (χ4n) is 4.89. The van der Waals surface area contributed by atoms with Crippen molar-refractivity contribution in [2.45, 2.75) is 116 Å². The van der Waals surface area contributed by atoms with Crippen molar-refractivity contribution in [2.24, 2.45) is 0 Å². The summed E-state index contributed by atoms with van der Waals surface area (Å²) in [7, 11) is 0. The van der Waals surface area contributed by atoms with Gasteiger partial charge in [0.25, 0.3) is 0 Å². The second-order valence-corrected chi connectivity index (χ2v) is 10.9. The molecular formula is C35H49FN2O. The van der Waals surface area contributed by atoms with E-state index in [1.54, 1.807) is 0 Å². The van der Waals surface area contributed by atoms with Crippen LogP contribution in [0, 0.1) is 0 Å². The van der Waals surface area contributed by atoms with Crippen LogP contribution in [0.3, 0.4) is 0 Å². The molecule has 2 aromatic carbocycles. The number of hydrogen-bond donors (Lipinski definition) is 0. The third kappa shape index (κ3) is 11.9. The highest BCUT2D eigenvalue weighted by Crippen LogP contribution is 2.23. The SMILES string of the molecule is CCCCCCCCCc1ccc(-c2cnc(-c3ccc(OCC(F)CCCCCCCC)cc3)nc2)cc1. The van der Waals surface area contributed by atoms with E-state index >= 15 is 0 Å². The first-order chi connectivity index (χ1) is 19.2. The number of rotatable bonds is 20. The molecule has 3 nitrogen and oxygen atoms in total. The third-order valence-electron chi connectivity index (χ3n) is 7.42. The second kappa shape index (κ2) is 18.5. The zero-order valence-electron chi connectivity index (χ0n) is 24.3. The van der Waals surface area contributed by atoms with Crippen molar-refractivity contribution in [3.63, 3.8) is 0 Å². The van der Waals surface area contributed by atoms with Gasteiger partial charge in [-0.1, -0.05) is 115 Å². The van der Waals surface area contributed by atoms with Crippen LogP contribution >= 0.6 is 0 Å². The van der Waals surface area contributed by atoms with E-state index in [0.29, 0.717) is 18.0 Å². The van der Waals surface area contributed by atoms with Crippen molar-refractivity contribution >= 4 is 0 Å². The lowest BCUT2D eigenvalue weighted by Crippen LogP contribution is -2.12. The van der Waals surface area contributed by atoms with Gasteiger partial charge >= 0.3 is 0 Å². The molecule has 212 valence electrons. The van der Waals surface area contributed by atoms with Gasteiger partial charge in [0.1, 0.15) is 18.5 Å². The fourth-order valence-corrected chi connectivity index (χ4v) is 4.89. The Bertz CT molecular complexity index is 1020. The largest absolute Gasteiger partial charge is 0.491 e. The minimum atomic E-state index is -0.916. The van der Waals surface area contributed by atoms with Gasteiger partial charge in [0, 0.05) is 23.5 Å². The summed E-state index contributed by atoms with van der Waals surface area (Å²) in [6.07, 6.45) is 21.0. The molecule has 39 heavy (non-hydrogen) atoms. The number of unbranched alkanes of at least 4 members (excludes halogenated alkanes) is 11. The highest BCUT2D eigenvalue weighted by molar-refractivity contribution is 5.64. The molecule has 0 radical (unpaired) electrons. The molecule has 0 aliphatic heterocycles. The van der Waals surface area contributed by atoms with Crippen LogP contribution in [0.2, 0.25) is 0 Å². The molecule has 4 heteroatoms. The van der Waals surface area contributed by atoms with Crippen molar-refractivity contribution in [2.75, 3.05) is 6.61 Å². The molecule has 0 N–H and O–H groups in total. The number of halogens is 1. The first kappa shape index (κ1) is 30.8. The molecule has 1 heterocycles. The predicted molar refractivity (Wildman–Crippen MR) is 163 cm³/mol. The first-order valence-corrected chi connectivity index (χ1v) is 15.5. The Hall–Kier alpha value is -2.75. The van der Waals surface area contributed by atoms with Crippen LogP contribution in [0.1, 0.15) is 109 Å². The molecule has 0 amide bonds. The molecule has 3 aromatic rings. The van der Waals surface area contributed by atoms with Crippen LogP contribution in [0.25, 0.3) is 22.5 Å². The van der Waals surface area contributed by atoms with E-state index < -0.39 is 6.17 Å². The molecule has 1 aromatic heterocycles. The van der Waals surface area contributed by atoms with Crippen molar-refractivity contribution in [1.82, 2.24) is 9.97 Å². The average molecular weight is 533 g/mol. The maximum Gasteiger partial charge on any atom is 0.159 e. The summed E-state index contributed by atoms with van der Waals surface area (Å²) in [6, 6.07) is 16.4. The Labute approximate surface area is 236 Å². The Morgan fingerprint density at radius 2 is 1.15 bits per heavy atom. The summed E-state index contributed by atoms with van der Waals surface area (Å²) in [5, 5.41) is 0. The molecule has 0 bridgehead atoms. The molecule has 0 aliphatic rings. The Kier molecular flexibility index (Phi) is 14.6. The molecule has 1 atom stereocenters. The van der Waals surface area contributed by atoms with E-state index in [-0.39, 0.29) is 6.61 Å². The maximum absolute atomic E-state index is 14.2. The van der Waals surface area contributed by atoms with Gasteiger partial charge in [-0.25, -0.2) is 14.4 Å². The second-order valence-electron chi connectivity index (χ2n) is 10.9. The van der Waals surface area contributed by atoms with Crippen LogP contribution < -0.4 is 4.74 Å². The van der Waals surface area contributed by atoms with Gasteiger partial charge in [0.2, 0.25) is 0 Å². The quantitative estimate of drug-likeness (QED) is 0.136. The lowest BCUT2D eigenvalue weighted by molar-refractivity contribution is 0.184. The number of aromatic nitrogens is 2. The van der Waals surface area contributed by atoms with Crippen LogP contribution in [0.15, 0.2) is 60.9 Å². The Morgan fingerprint density at radius 1 is 0.615 bits per heavy atom. The number of ether oxygens (including phenoxy) is 1. The van der Waals surface area contributed by atoms with Crippen molar-refractivity contribution in [1.29, 1.82) is 0 Å². The molecule has 0 spiro atoms. The smallest absolute Gasteiger partial charge is 0.159 e. The summed E-state index contributed by atoms with van der Waals surface area (Å²) in [5.41, 5.74) is 4.47. The van der Waals surface area contributed by atoms with Gasteiger partial charge in [-0.2, -0.15) is 0 Å². The van der Waals surface area contributed by atoms with Crippen LogP contribution in [0.5, 0.6) is 5.75 Å². The van der Waals surface area contributed by atoms with Gasteiger partial charge in [-0.15, -0.1) is 0 Å². The Morgan fingerprint density at radius 3 is 1.77 bits per heavy atom. The predicted octanol–water partition coefficient (Wildman–Crippen LogP) is 10.6. The van der Waals surface area contributed by atoms with Crippen LogP contribution in [-0.4, -0.2) is 22.7 Å². The topological polar surface area (TPSA) is 35.0 Å². The summed E-state index contributed by atoms with van der Waals surface area (Å²) >= 11 is 0. The maximum atomic E-state index is 14.2. The minimum Gasteiger partial charge on any atom is -0.491 e. The van der Waals surface area contributed by atoms with Gasteiger partial charge in [0.05, 0.1) is 0 Å². The molecule has 1 unspecified atom stereocenters. The minimum absolute atomic E-state index is 0.108. The van der Waals surface area contributed by atoms with E-state index in [0.717, 1.165) is 36.0 Å². The zero-order chi connectivity index (χ0) is 27.5. The van der Waals surface area contributed by atoms with Crippen molar-refractivity contribution < 1.29 is 9.13 Å². The molecule has 0 aliphatic carbocycles. The monoisotopic (exact) mass is 532 g/mol. The van der Waals surface area contributed by atoms with Crippen molar-refractivity contribution in [3.8, 4) is 28.3 Å². The van der Waals surface area contributed by atoms with E-state index in [2.05, 4.69) is 48.1 Å². The summed E-state index contributed by atoms with van der Waals surface area (Å²) < 4.78 is 19.9. The number of hydrogen-bond acceptors (Lipinski definition) is 3. The van der Waals surface area contributed by atoms with E-state index in [4.69, 9.17) is 4.74 Å². The number of benzene rings is 2. The standard InChI is InChI=1S/C35H49FN2O/c1-3-5-7-9-11-12-14-16-29-18-20-30(21-19-29)32-26-37-35(38-27-32)31-22-24-34(25-23-31)39-28-33(36)17-15-13-10-8-6-4-2/h18-27,33H,3-17,28H2,1-2H3. The lowest BCUT2D eigenvalue weighted by Gasteiger charge is -2.11. The van der Waals surface area contributed by atoms with Gasteiger partial charge in [0.15, 0.2) is 5.82 Å². The third-order valence-corrected chi connectivity index (χ3v) is 7.42. The normalized spacial score (nSPS) is 12.0. The highest BCUT2D eigenvalue weighted by atomic mass is 19.1. The first-order valence-electron chi connectivity index (χ1n) is 15.5. The summed E-state index contributed by atoms with van der Waals surface area (Å²) in [5.74, 6) is 1.35. The zero-order valence-corrected chi connectivity index (χ0v) is 24.3. The molecule has 3 rings (SSSR count). The number of alkyl halides is 1.